The first-order valence-electron chi connectivity index (χ1n) is 10.3. The molecule has 0 bridgehead atoms. The van der Waals surface area contributed by atoms with Crippen LogP contribution >= 0.6 is 0 Å². The highest BCUT2D eigenvalue weighted by Gasteiger charge is 2.28. The Balaban J connectivity index is 2.45. The topological polar surface area (TPSA) is 157 Å². The molecule has 0 radical (unpaired) electrons. The zero-order valence-electron chi connectivity index (χ0n) is 17.7. The third-order valence-electron chi connectivity index (χ3n) is 5.06. The first-order valence-corrected chi connectivity index (χ1v) is 10.3. The molecule has 0 atom stereocenters. The van der Waals surface area contributed by atoms with Crippen LogP contribution in [0.3, 0.4) is 0 Å². The average Bonchev–Trinajstić information content (AvgIpc) is 3.08. The number of nitrogens with zero attached hydrogens (tertiary/aromatic N) is 8. The van der Waals surface area contributed by atoms with Crippen molar-refractivity contribution >= 4 is 6.03 Å². The molecule has 4 N–H and O–H groups in total. The first-order chi connectivity index (χ1) is 14.6. The van der Waals surface area contributed by atoms with Crippen molar-refractivity contribution in [2.45, 2.75) is 0 Å². The van der Waals surface area contributed by atoms with Crippen LogP contribution in [-0.2, 0) is 0 Å². The molecule has 1 heterocycles. The normalized spacial score (nSPS) is 13.9. The second-order valence-electron chi connectivity index (χ2n) is 7.14. The molecule has 0 aromatic heterocycles. The van der Waals surface area contributed by atoms with E-state index in [0.29, 0.717) is 58.9 Å². The molecule has 1 aliphatic rings. The summed E-state index contributed by atoms with van der Waals surface area (Å²) >= 11 is 0. The lowest BCUT2D eigenvalue weighted by atomic mass is 10.4. The Bertz CT molecular complexity index is 600. The molecule has 1 aliphatic heterocycles. The summed E-state index contributed by atoms with van der Waals surface area (Å²) in [5.41, 5.74) is 11.3. The Kier molecular flexibility index (Phi) is 13.1. The van der Waals surface area contributed by atoms with E-state index < -0.39 is 0 Å². The second-order valence-corrected chi connectivity index (χ2v) is 7.14. The summed E-state index contributed by atoms with van der Waals surface area (Å²) in [5.74, 6) is 0. The SMILES string of the molecule is N#CCN(CC#N)CCN(CC#N)CCN1CCN(CCN(CCN)CCN)C1=O. The van der Waals surface area contributed by atoms with E-state index in [-0.39, 0.29) is 25.7 Å². The number of rotatable bonds is 16. The van der Waals surface area contributed by atoms with Crippen LogP contribution in [0.15, 0.2) is 0 Å². The van der Waals surface area contributed by atoms with Crippen LogP contribution in [0.2, 0.25) is 0 Å². The molecule has 2 amide bonds. The predicted octanol–water partition coefficient (Wildman–Crippen LogP) is -1.88. The van der Waals surface area contributed by atoms with Gasteiger partial charge in [0.15, 0.2) is 0 Å². The van der Waals surface area contributed by atoms with Crippen molar-refractivity contribution in [1.29, 1.82) is 15.8 Å². The number of carbonyl (C=O) groups excluding carboxylic acids is 1. The monoisotopic (exact) mass is 418 g/mol. The van der Waals surface area contributed by atoms with Gasteiger partial charge in [-0.05, 0) is 0 Å². The van der Waals surface area contributed by atoms with Gasteiger partial charge in [-0.3, -0.25) is 14.7 Å². The van der Waals surface area contributed by atoms with Gasteiger partial charge in [0.1, 0.15) is 0 Å². The van der Waals surface area contributed by atoms with Gasteiger partial charge >= 0.3 is 6.03 Å². The Morgan fingerprint density at radius 3 is 1.60 bits per heavy atom. The Morgan fingerprint density at radius 2 is 1.13 bits per heavy atom. The predicted molar refractivity (Wildman–Crippen MR) is 113 cm³/mol. The molecule has 11 heteroatoms. The van der Waals surface area contributed by atoms with Gasteiger partial charge < -0.3 is 21.3 Å². The number of hydrogen-bond acceptors (Lipinski definition) is 9. The Hall–Kier alpha value is -2.46. The largest absolute Gasteiger partial charge is 0.329 e. The van der Waals surface area contributed by atoms with E-state index in [1.54, 1.807) is 4.90 Å². The van der Waals surface area contributed by atoms with E-state index in [9.17, 15) is 4.79 Å². The van der Waals surface area contributed by atoms with Crippen LogP contribution in [0.1, 0.15) is 0 Å². The molecule has 30 heavy (non-hydrogen) atoms. The van der Waals surface area contributed by atoms with Crippen molar-refractivity contribution in [3.63, 3.8) is 0 Å². The van der Waals surface area contributed by atoms with Crippen molar-refractivity contribution in [2.24, 2.45) is 11.5 Å². The maximum absolute atomic E-state index is 12.7. The van der Waals surface area contributed by atoms with Crippen LogP contribution in [0.4, 0.5) is 4.79 Å². The molecule has 1 saturated heterocycles. The number of hydrogen-bond donors (Lipinski definition) is 2. The van der Waals surface area contributed by atoms with Crippen LogP contribution in [0.25, 0.3) is 0 Å². The summed E-state index contributed by atoms with van der Waals surface area (Å²) in [6, 6.07) is 6.26. The molecule has 0 aliphatic carbocycles. The van der Waals surface area contributed by atoms with Crippen molar-refractivity contribution in [1.82, 2.24) is 24.5 Å². The summed E-state index contributed by atoms with van der Waals surface area (Å²) in [7, 11) is 0. The zero-order chi connectivity index (χ0) is 22.2. The van der Waals surface area contributed by atoms with E-state index in [2.05, 4.69) is 11.0 Å². The van der Waals surface area contributed by atoms with Gasteiger partial charge in [0.25, 0.3) is 0 Å². The molecule has 0 spiro atoms. The van der Waals surface area contributed by atoms with Crippen molar-refractivity contribution in [2.75, 3.05) is 98.2 Å². The van der Waals surface area contributed by atoms with E-state index in [0.717, 1.165) is 19.6 Å². The molecule has 0 saturated carbocycles. The lowest BCUT2D eigenvalue weighted by Gasteiger charge is -2.26. The van der Waals surface area contributed by atoms with Gasteiger partial charge in [0.2, 0.25) is 0 Å². The van der Waals surface area contributed by atoms with Gasteiger partial charge in [-0.1, -0.05) is 0 Å². The highest BCUT2D eigenvalue weighted by atomic mass is 16.2. The standard InChI is InChI=1S/C19H34N10O/c20-1-6-25(7-2-21)11-12-27(10-5-24)14-16-29-18-17-28(19(29)30)15-13-26(8-3-22)9-4-23/h3-4,6-18,22-23H2. The molecule has 0 aromatic rings. The quantitative estimate of drug-likeness (QED) is 0.274. The van der Waals surface area contributed by atoms with Crippen LogP contribution in [0.5, 0.6) is 0 Å². The van der Waals surface area contributed by atoms with Gasteiger partial charge in [-0.15, -0.1) is 0 Å². The van der Waals surface area contributed by atoms with Gasteiger partial charge in [0, 0.05) is 78.5 Å². The Labute approximate surface area is 179 Å². The summed E-state index contributed by atoms with van der Waals surface area (Å²) < 4.78 is 0. The van der Waals surface area contributed by atoms with Gasteiger partial charge in [-0.2, -0.15) is 15.8 Å². The summed E-state index contributed by atoms with van der Waals surface area (Å²) in [5, 5.41) is 26.8. The number of carbonyl (C=O) groups is 1. The molecule has 0 unspecified atom stereocenters. The molecule has 11 nitrogen and oxygen atoms in total. The van der Waals surface area contributed by atoms with Crippen molar-refractivity contribution in [3.8, 4) is 18.2 Å². The average molecular weight is 419 g/mol. The Morgan fingerprint density at radius 1 is 0.700 bits per heavy atom. The van der Waals surface area contributed by atoms with Crippen LogP contribution in [-0.4, -0.2) is 129 Å². The minimum absolute atomic E-state index is 0.0166. The lowest BCUT2D eigenvalue weighted by Crippen LogP contribution is -2.43. The van der Waals surface area contributed by atoms with Crippen LogP contribution < -0.4 is 11.5 Å². The van der Waals surface area contributed by atoms with Crippen molar-refractivity contribution in [3.05, 3.63) is 0 Å². The fourth-order valence-corrected chi connectivity index (χ4v) is 3.34. The fourth-order valence-electron chi connectivity index (χ4n) is 3.34. The summed E-state index contributed by atoms with van der Waals surface area (Å²) in [4.78, 5) is 22.2. The van der Waals surface area contributed by atoms with E-state index in [1.165, 1.54) is 0 Å². The number of nitrogens with two attached hydrogens (primary N) is 2. The van der Waals surface area contributed by atoms with E-state index in [1.807, 2.05) is 26.8 Å². The van der Waals surface area contributed by atoms with Crippen LogP contribution in [0, 0.1) is 34.0 Å². The number of nitriles is 3. The van der Waals surface area contributed by atoms with Crippen molar-refractivity contribution < 1.29 is 4.79 Å². The molecular formula is C19H34N10O. The minimum Gasteiger partial charge on any atom is -0.329 e. The highest BCUT2D eigenvalue weighted by Crippen LogP contribution is 2.09. The number of urea groups is 1. The zero-order valence-corrected chi connectivity index (χ0v) is 17.7. The fraction of sp³-hybridized carbons (Fsp3) is 0.789. The molecule has 1 rings (SSSR count). The molecule has 166 valence electrons. The lowest BCUT2D eigenvalue weighted by molar-refractivity contribution is 0.175. The molecule has 0 aromatic carbocycles. The van der Waals surface area contributed by atoms with Gasteiger partial charge in [0.05, 0.1) is 37.8 Å². The minimum atomic E-state index is 0.0166. The molecule has 1 fully saturated rings. The summed E-state index contributed by atoms with van der Waals surface area (Å²) in [6.45, 7) is 8.23. The van der Waals surface area contributed by atoms with E-state index >= 15 is 0 Å². The third kappa shape index (κ3) is 9.36. The highest BCUT2D eigenvalue weighted by molar-refractivity contribution is 5.76. The first kappa shape index (κ1) is 25.6. The van der Waals surface area contributed by atoms with Gasteiger partial charge in [-0.25, -0.2) is 4.79 Å². The molecular weight excluding hydrogens is 384 g/mol. The van der Waals surface area contributed by atoms with E-state index in [4.69, 9.17) is 27.3 Å². The smallest absolute Gasteiger partial charge is 0.320 e. The second kappa shape index (κ2) is 15.4. The number of amides is 2. The maximum atomic E-state index is 12.7. The third-order valence-corrected chi connectivity index (χ3v) is 5.06. The summed E-state index contributed by atoms with van der Waals surface area (Å²) in [6.07, 6.45) is 0. The maximum Gasteiger partial charge on any atom is 0.320 e.